The van der Waals surface area contributed by atoms with Crippen molar-refractivity contribution < 1.29 is 0 Å². The SMILES string of the molecule is CCC(C)(N)c1nccc(C(C)(C)C)n1. The van der Waals surface area contributed by atoms with Gasteiger partial charge in [0, 0.05) is 17.3 Å². The lowest BCUT2D eigenvalue weighted by molar-refractivity contribution is 0.436. The van der Waals surface area contributed by atoms with Crippen LogP contribution in [0.5, 0.6) is 0 Å². The van der Waals surface area contributed by atoms with E-state index in [-0.39, 0.29) is 5.41 Å². The molecule has 1 atom stereocenters. The molecule has 0 spiro atoms. The third kappa shape index (κ3) is 2.75. The number of aromatic nitrogens is 2. The monoisotopic (exact) mass is 207 g/mol. The van der Waals surface area contributed by atoms with Crippen LogP contribution < -0.4 is 5.73 Å². The summed E-state index contributed by atoms with van der Waals surface area (Å²) in [6, 6.07) is 1.95. The summed E-state index contributed by atoms with van der Waals surface area (Å²) in [7, 11) is 0. The molecule has 1 unspecified atom stereocenters. The van der Waals surface area contributed by atoms with Crippen LogP contribution >= 0.6 is 0 Å². The third-order valence-corrected chi connectivity index (χ3v) is 2.67. The van der Waals surface area contributed by atoms with Gasteiger partial charge in [0.1, 0.15) is 5.82 Å². The average Bonchev–Trinajstić information content (AvgIpc) is 2.17. The van der Waals surface area contributed by atoms with Crippen molar-refractivity contribution in [3.8, 4) is 0 Å². The van der Waals surface area contributed by atoms with Crippen LogP contribution in [0.15, 0.2) is 12.3 Å². The minimum absolute atomic E-state index is 0.0432. The number of nitrogens with zero attached hydrogens (tertiary/aromatic N) is 2. The van der Waals surface area contributed by atoms with E-state index in [1.54, 1.807) is 6.20 Å². The fourth-order valence-electron chi connectivity index (χ4n) is 1.21. The van der Waals surface area contributed by atoms with Gasteiger partial charge in [-0.15, -0.1) is 0 Å². The van der Waals surface area contributed by atoms with Gasteiger partial charge in [-0.2, -0.15) is 0 Å². The van der Waals surface area contributed by atoms with Gasteiger partial charge in [0.2, 0.25) is 0 Å². The Labute approximate surface area is 92.1 Å². The molecule has 2 N–H and O–H groups in total. The van der Waals surface area contributed by atoms with E-state index in [2.05, 4.69) is 30.7 Å². The fraction of sp³-hybridized carbons (Fsp3) is 0.667. The van der Waals surface area contributed by atoms with Gasteiger partial charge in [-0.25, -0.2) is 9.97 Å². The van der Waals surface area contributed by atoms with E-state index in [4.69, 9.17) is 5.73 Å². The second-order valence-electron chi connectivity index (χ2n) is 5.29. The van der Waals surface area contributed by atoms with Gasteiger partial charge in [0.05, 0.1) is 5.54 Å². The van der Waals surface area contributed by atoms with Crippen LogP contribution in [0.2, 0.25) is 0 Å². The maximum absolute atomic E-state index is 6.12. The van der Waals surface area contributed by atoms with Crippen molar-refractivity contribution >= 4 is 0 Å². The van der Waals surface area contributed by atoms with Gasteiger partial charge in [-0.05, 0) is 19.4 Å². The van der Waals surface area contributed by atoms with Crippen molar-refractivity contribution in [2.45, 2.75) is 52.0 Å². The molecule has 0 aliphatic heterocycles. The lowest BCUT2D eigenvalue weighted by atomic mass is 9.91. The molecule has 0 saturated carbocycles. The average molecular weight is 207 g/mol. The fourth-order valence-corrected chi connectivity index (χ4v) is 1.21. The summed E-state index contributed by atoms with van der Waals surface area (Å²) >= 11 is 0. The van der Waals surface area contributed by atoms with Crippen LogP contribution in [0.1, 0.15) is 52.6 Å². The molecule has 0 bridgehead atoms. The van der Waals surface area contributed by atoms with E-state index in [1.807, 2.05) is 19.9 Å². The molecule has 0 fully saturated rings. The van der Waals surface area contributed by atoms with Crippen LogP contribution in [0, 0.1) is 0 Å². The first kappa shape index (κ1) is 12.1. The molecular weight excluding hydrogens is 186 g/mol. The van der Waals surface area contributed by atoms with E-state index in [0.29, 0.717) is 0 Å². The number of hydrogen-bond donors (Lipinski definition) is 1. The Hall–Kier alpha value is -0.960. The summed E-state index contributed by atoms with van der Waals surface area (Å²) in [5, 5.41) is 0. The molecule has 0 saturated heterocycles. The van der Waals surface area contributed by atoms with Crippen molar-refractivity contribution in [3.05, 3.63) is 23.8 Å². The lowest BCUT2D eigenvalue weighted by Gasteiger charge is -2.24. The molecule has 0 aliphatic rings. The number of hydrogen-bond acceptors (Lipinski definition) is 3. The van der Waals surface area contributed by atoms with Gasteiger partial charge in [0.15, 0.2) is 0 Å². The van der Waals surface area contributed by atoms with Gasteiger partial charge in [-0.1, -0.05) is 27.7 Å². The quantitative estimate of drug-likeness (QED) is 0.810. The van der Waals surface area contributed by atoms with Crippen LogP contribution in [-0.2, 0) is 11.0 Å². The van der Waals surface area contributed by atoms with Crippen molar-refractivity contribution in [1.29, 1.82) is 0 Å². The van der Waals surface area contributed by atoms with Gasteiger partial charge in [-0.3, -0.25) is 0 Å². The van der Waals surface area contributed by atoms with Gasteiger partial charge in [0.25, 0.3) is 0 Å². The first-order valence-corrected chi connectivity index (χ1v) is 5.40. The Morgan fingerprint density at radius 3 is 2.33 bits per heavy atom. The van der Waals surface area contributed by atoms with Crippen molar-refractivity contribution in [3.63, 3.8) is 0 Å². The zero-order valence-corrected chi connectivity index (χ0v) is 10.3. The number of rotatable bonds is 2. The Bertz CT molecular complexity index is 337. The molecule has 3 heteroatoms. The first-order chi connectivity index (χ1) is 6.77. The van der Waals surface area contributed by atoms with Crippen molar-refractivity contribution in [2.24, 2.45) is 5.73 Å². The summed E-state index contributed by atoms with van der Waals surface area (Å²) < 4.78 is 0. The van der Waals surface area contributed by atoms with Gasteiger partial charge < -0.3 is 5.73 Å². The molecule has 1 heterocycles. The predicted octanol–water partition coefficient (Wildman–Crippen LogP) is 2.36. The molecule has 1 rings (SSSR count). The molecule has 0 amide bonds. The number of nitrogens with two attached hydrogens (primary N) is 1. The van der Waals surface area contributed by atoms with Crippen LogP contribution in [0.4, 0.5) is 0 Å². The summed E-state index contributed by atoms with van der Waals surface area (Å²) in [6.45, 7) is 10.4. The Morgan fingerprint density at radius 1 is 1.27 bits per heavy atom. The van der Waals surface area contributed by atoms with Crippen molar-refractivity contribution in [1.82, 2.24) is 9.97 Å². The van der Waals surface area contributed by atoms with E-state index in [0.717, 1.165) is 17.9 Å². The minimum Gasteiger partial charge on any atom is -0.319 e. The van der Waals surface area contributed by atoms with E-state index < -0.39 is 5.54 Å². The summed E-state index contributed by atoms with van der Waals surface area (Å²) in [6.07, 6.45) is 2.63. The van der Waals surface area contributed by atoms with E-state index >= 15 is 0 Å². The standard InChI is InChI=1S/C12H21N3/c1-6-12(5,13)10-14-8-7-9(15-10)11(2,3)4/h7-8H,6,13H2,1-5H3. The molecule has 3 nitrogen and oxygen atoms in total. The highest BCUT2D eigenvalue weighted by molar-refractivity contribution is 5.15. The molecule has 84 valence electrons. The molecule has 1 aromatic heterocycles. The maximum Gasteiger partial charge on any atom is 0.148 e. The lowest BCUT2D eigenvalue weighted by Crippen LogP contribution is -2.35. The summed E-state index contributed by atoms with van der Waals surface area (Å²) in [5.41, 5.74) is 6.78. The van der Waals surface area contributed by atoms with Crippen LogP contribution in [0.3, 0.4) is 0 Å². The Balaban J connectivity index is 3.14. The van der Waals surface area contributed by atoms with Gasteiger partial charge >= 0.3 is 0 Å². The molecule has 15 heavy (non-hydrogen) atoms. The summed E-state index contributed by atoms with van der Waals surface area (Å²) in [4.78, 5) is 8.81. The molecule has 0 radical (unpaired) electrons. The maximum atomic E-state index is 6.12. The molecule has 1 aromatic rings. The third-order valence-electron chi connectivity index (χ3n) is 2.67. The highest BCUT2D eigenvalue weighted by Gasteiger charge is 2.24. The second-order valence-corrected chi connectivity index (χ2v) is 5.29. The van der Waals surface area contributed by atoms with E-state index in [1.165, 1.54) is 0 Å². The highest BCUT2D eigenvalue weighted by Crippen LogP contribution is 2.23. The van der Waals surface area contributed by atoms with Crippen molar-refractivity contribution in [2.75, 3.05) is 0 Å². The largest absolute Gasteiger partial charge is 0.319 e. The topological polar surface area (TPSA) is 51.8 Å². The molecule has 0 aromatic carbocycles. The second kappa shape index (κ2) is 3.89. The zero-order chi connectivity index (χ0) is 11.7. The summed E-state index contributed by atoms with van der Waals surface area (Å²) in [5.74, 6) is 0.734. The van der Waals surface area contributed by atoms with E-state index in [9.17, 15) is 0 Å². The minimum atomic E-state index is -0.429. The Kier molecular flexibility index (Phi) is 3.14. The van der Waals surface area contributed by atoms with Crippen LogP contribution in [0.25, 0.3) is 0 Å². The zero-order valence-electron chi connectivity index (χ0n) is 10.3. The molecular formula is C12H21N3. The first-order valence-electron chi connectivity index (χ1n) is 5.40. The van der Waals surface area contributed by atoms with Crippen LogP contribution in [-0.4, -0.2) is 9.97 Å². The molecule has 0 aliphatic carbocycles. The predicted molar refractivity (Wildman–Crippen MR) is 62.6 cm³/mol. The Morgan fingerprint density at radius 2 is 1.87 bits per heavy atom. The highest BCUT2D eigenvalue weighted by atomic mass is 15.0. The smallest absolute Gasteiger partial charge is 0.148 e. The normalized spacial score (nSPS) is 16.1.